The highest BCUT2D eigenvalue weighted by Crippen LogP contribution is 2.40. The van der Waals surface area contributed by atoms with Crippen molar-refractivity contribution in [1.82, 2.24) is 25.1 Å². The molecule has 1 N–H and O–H groups in total. The van der Waals surface area contributed by atoms with Crippen LogP contribution in [0.15, 0.2) is 48.7 Å². The van der Waals surface area contributed by atoms with Gasteiger partial charge < -0.3 is 24.8 Å². The Hall–Kier alpha value is -4.10. The van der Waals surface area contributed by atoms with Gasteiger partial charge in [-0.15, -0.1) is 0 Å². The summed E-state index contributed by atoms with van der Waals surface area (Å²) in [7, 11) is 3.81. The Balaban J connectivity index is 1.45. The van der Waals surface area contributed by atoms with Gasteiger partial charge in [-0.25, -0.2) is 14.8 Å². The van der Waals surface area contributed by atoms with Crippen LogP contribution in [0.2, 0.25) is 5.02 Å². The number of hydrogen-bond donors (Lipinski definition) is 1. The standard InChI is InChI=1S/C30H33ClF3N7O3/c1-4-44-28-21(6-5-11-36-28)23-8-10-25(26(37-23)27(42)35-12-13-38(2)3)39-14-15-40-20(17-39)18-41(29(40)43)24-9-7-19(31)16-22(24)30(32,33)34/h5-11,16,20H,4,12-15,17-18H2,1-3H3,(H,35,42)/t20-/m0/s1. The van der Waals surface area contributed by atoms with Crippen molar-refractivity contribution in [3.63, 3.8) is 0 Å². The summed E-state index contributed by atoms with van der Waals surface area (Å²) in [6.45, 7) is 4.24. The minimum Gasteiger partial charge on any atom is -0.477 e. The number of carbonyl (C=O) groups excluding carboxylic acids is 2. The summed E-state index contributed by atoms with van der Waals surface area (Å²) in [5, 5.41) is 2.86. The number of amides is 3. The van der Waals surface area contributed by atoms with Crippen molar-refractivity contribution in [3.05, 3.63) is 64.9 Å². The summed E-state index contributed by atoms with van der Waals surface area (Å²) in [5.74, 6) is 0.0286. The molecule has 2 saturated heterocycles. The van der Waals surface area contributed by atoms with Gasteiger partial charge in [0.05, 0.1) is 40.8 Å². The first-order valence-corrected chi connectivity index (χ1v) is 14.6. The van der Waals surface area contributed by atoms with E-state index in [0.29, 0.717) is 55.6 Å². The fourth-order valence-electron chi connectivity index (χ4n) is 5.44. The minimum absolute atomic E-state index is 0.0450. The van der Waals surface area contributed by atoms with Crippen LogP contribution in [-0.2, 0) is 6.18 Å². The minimum atomic E-state index is -4.69. The first-order chi connectivity index (χ1) is 21.0. The van der Waals surface area contributed by atoms with Gasteiger partial charge in [-0.05, 0) is 63.5 Å². The van der Waals surface area contributed by atoms with Gasteiger partial charge in [0, 0.05) is 50.5 Å². The van der Waals surface area contributed by atoms with Crippen molar-refractivity contribution < 1.29 is 27.5 Å². The van der Waals surface area contributed by atoms with E-state index in [1.165, 1.54) is 12.1 Å². The average molecular weight is 632 g/mol. The molecule has 0 unspecified atom stereocenters. The highest BCUT2D eigenvalue weighted by molar-refractivity contribution is 6.30. The maximum atomic E-state index is 13.9. The largest absolute Gasteiger partial charge is 0.477 e. The number of halogens is 4. The van der Waals surface area contributed by atoms with E-state index in [-0.39, 0.29) is 35.4 Å². The molecular weight excluding hydrogens is 599 g/mol. The van der Waals surface area contributed by atoms with Crippen molar-refractivity contribution in [1.29, 1.82) is 0 Å². The van der Waals surface area contributed by atoms with Crippen LogP contribution in [0.4, 0.5) is 29.3 Å². The number of fused-ring (bicyclic) bond motifs is 1. The van der Waals surface area contributed by atoms with Crippen LogP contribution in [0.25, 0.3) is 11.3 Å². The lowest BCUT2D eigenvalue weighted by Gasteiger charge is -2.38. The summed E-state index contributed by atoms with van der Waals surface area (Å²) in [5.41, 5.74) is 0.694. The molecule has 3 aromatic rings. The van der Waals surface area contributed by atoms with Gasteiger partial charge in [-0.1, -0.05) is 11.6 Å². The number of ether oxygens (including phenoxy) is 1. The maximum absolute atomic E-state index is 13.9. The lowest BCUT2D eigenvalue weighted by molar-refractivity contribution is -0.137. The lowest BCUT2D eigenvalue weighted by Crippen LogP contribution is -2.52. The number of carbonyl (C=O) groups is 2. The van der Waals surface area contributed by atoms with Gasteiger partial charge >= 0.3 is 12.2 Å². The van der Waals surface area contributed by atoms with Crippen LogP contribution in [0.1, 0.15) is 23.0 Å². The van der Waals surface area contributed by atoms with Crippen LogP contribution in [-0.4, -0.2) is 97.7 Å². The molecule has 10 nitrogen and oxygen atoms in total. The molecule has 0 aliphatic carbocycles. The number of rotatable bonds is 9. The molecule has 0 spiro atoms. The summed E-state index contributed by atoms with van der Waals surface area (Å²) < 4.78 is 47.3. The monoisotopic (exact) mass is 631 g/mol. The second kappa shape index (κ2) is 12.9. The van der Waals surface area contributed by atoms with E-state index in [2.05, 4.69) is 10.3 Å². The molecule has 0 saturated carbocycles. The third-order valence-electron chi connectivity index (χ3n) is 7.51. The van der Waals surface area contributed by atoms with Crippen LogP contribution in [0.3, 0.4) is 0 Å². The first kappa shape index (κ1) is 31.3. The molecule has 234 valence electrons. The predicted molar refractivity (Wildman–Crippen MR) is 161 cm³/mol. The van der Waals surface area contributed by atoms with E-state index in [9.17, 15) is 22.8 Å². The van der Waals surface area contributed by atoms with Crippen molar-refractivity contribution >= 4 is 34.9 Å². The van der Waals surface area contributed by atoms with Crippen molar-refractivity contribution in [3.8, 4) is 17.1 Å². The Morgan fingerprint density at radius 2 is 1.91 bits per heavy atom. The number of likely N-dealkylation sites (N-methyl/N-ethyl adjacent to an activating group) is 1. The molecule has 1 atom stereocenters. The van der Waals surface area contributed by atoms with Crippen molar-refractivity contribution in [2.24, 2.45) is 0 Å². The van der Waals surface area contributed by atoms with E-state index in [1.807, 2.05) is 36.9 Å². The van der Waals surface area contributed by atoms with Gasteiger partial charge in [0.15, 0.2) is 5.69 Å². The number of hydrogen-bond acceptors (Lipinski definition) is 7. The number of nitrogens with zero attached hydrogens (tertiary/aromatic N) is 6. The summed E-state index contributed by atoms with van der Waals surface area (Å²) in [6.07, 6.45) is -3.07. The molecule has 0 radical (unpaired) electrons. The van der Waals surface area contributed by atoms with E-state index in [1.54, 1.807) is 29.3 Å². The number of benzene rings is 1. The second-order valence-electron chi connectivity index (χ2n) is 10.8. The van der Waals surface area contributed by atoms with Gasteiger partial charge in [-0.2, -0.15) is 13.2 Å². The predicted octanol–water partition coefficient (Wildman–Crippen LogP) is 4.64. The Morgan fingerprint density at radius 1 is 1.14 bits per heavy atom. The number of urea groups is 1. The van der Waals surface area contributed by atoms with Gasteiger partial charge in [0.2, 0.25) is 5.88 Å². The second-order valence-corrected chi connectivity index (χ2v) is 11.2. The highest BCUT2D eigenvalue weighted by atomic mass is 35.5. The smallest absolute Gasteiger partial charge is 0.418 e. The number of aromatic nitrogens is 2. The third-order valence-corrected chi connectivity index (χ3v) is 7.74. The van der Waals surface area contributed by atoms with Crippen LogP contribution < -0.4 is 19.9 Å². The fraction of sp³-hybridized carbons (Fsp3) is 0.400. The lowest BCUT2D eigenvalue weighted by atomic mass is 10.1. The van der Waals surface area contributed by atoms with Crippen LogP contribution in [0, 0.1) is 0 Å². The zero-order valence-corrected chi connectivity index (χ0v) is 25.3. The summed E-state index contributed by atoms with van der Waals surface area (Å²) in [6, 6.07) is 9.65. The Kier molecular flexibility index (Phi) is 9.16. The number of pyridine rings is 2. The van der Waals surface area contributed by atoms with E-state index in [0.717, 1.165) is 11.0 Å². The molecule has 3 amide bonds. The maximum Gasteiger partial charge on any atom is 0.418 e. The zero-order valence-electron chi connectivity index (χ0n) is 24.6. The van der Waals surface area contributed by atoms with Crippen molar-refractivity contribution in [2.75, 3.05) is 69.8 Å². The molecule has 2 fully saturated rings. The molecule has 14 heteroatoms. The molecule has 0 bridgehead atoms. The summed E-state index contributed by atoms with van der Waals surface area (Å²) in [4.78, 5) is 42.5. The number of nitrogens with one attached hydrogen (secondary N) is 1. The molecule has 1 aromatic carbocycles. The molecule has 2 aliphatic rings. The highest BCUT2D eigenvalue weighted by Gasteiger charge is 2.45. The van der Waals surface area contributed by atoms with E-state index in [4.69, 9.17) is 21.3 Å². The molecule has 2 aromatic heterocycles. The summed E-state index contributed by atoms with van der Waals surface area (Å²) >= 11 is 5.86. The fourth-order valence-corrected chi connectivity index (χ4v) is 5.61. The third kappa shape index (κ3) is 6.53. The molecular formula is C30H33ClF3N7O3. The van der Waals surface area contributed by atoms with Crippen LogP contribution >= 0.6 is 11.6 Å². The van der Waals surface area contributed by atoms with Gasteiger partial charge in [0.1, 0.15) is 0 Å². The number of piperazine rings is 1. The Morgan fingerprint density at radius 3 is 2.64 bits per heavy atom. The van der Waals surface area contributed by atoms with Crippen LogP contribution in [0.5, 0.6) is 5.88 Å². The molecule has 2 aliphatic heterocycles. The Labute approximate surface area is 258 Å². The van der Waals surface area contributed by atoms with E-state index >= 15 is 0 Å². The normalized spacial score (nSPS) is 16.9. The van der Waals surface area contributed by atoms with Gasteiger partial charge in [-0.3, -0.25) is 9.69 Å². The first-order valence-electron chi connectivity index (χ1n) is 14.2. The molecule has 44 heavy (non-hydrogen) atoms. The average Bonchev–Trinajstić information content (AvgIpc) is 3.32. The number of alkyl halides is 3. The SMILES string of the molecule is CCOc1ncccc1-c1ccc(N2CCN3C(=O)N(c4ccc(Cl)cc4C(F)(F)F)C[C@@H]3C2)c(C(=O)NCCN(C)C)n1. The zero-order chi connectivity index (χ0) is 31.6. The molecule has 4 heterocycles. The molecule has 5 rings (SSSR count). The number of anilines is 2. The topological polar surface area (TPSA) is 94.1 Å². The Bertz CT molecular complexity index is 1540. The van der Waals surface area contributed by atoms with E-state index < -0.39 is 23.8 Å². The van der Waals surface area contributed by atoms with Gasteiger partial charge in [0.25, 0.3) is 5.91 Å². The van der Waals surface area contributed by atoms with Crippen molar-refractivity contribution in [2.45, 2.75) is 19.1 Å². The quantitative estimate of drug-likeness (QED) is 0.368.